The van der Waals surface area contributed by atoms with Gasteiger partial charge >= 0.3 is 6.09 Å². The third-order valence-corrected chi connectivity index (χ3v) is 1.36. The normalized spacial score (nSPS) is 9.33. The first-order chi connectivity index (χ1) is 5.79. The molecule has 1 aromatic heterocycles. The number of nitrogens with two attached hydrogens (primary N) is 1. The number of aromatic nitrogens is 1. The van der Waals surface area contributed by atoms with Gasteiger partial charge < -0.3 is 10.5 Å². The fourth-order valence-electron chi connectivity index (χ4n) is 0.815. The Kier molecular flexibility index (Phi) is 3.07. The number of ether oxygens (including phenoxy) is 1. The number of nitrogens with zero attached hydrogens (tertiary/aromatic N) is 1. The Morgan fingerprint density at radius 2 is 2.50 bits per heavy atom. The Labute approximate surface area is 70.4 Å². The van der Waals surface area contributed by atoms with Crippen LogP contribution in [0.3, 0.4) is 0 Å². The summed E-state index contributed by atoms with van der Waals surface area (Å²) in [5, 5.41) is 0. The molecule has 4 heteroatoms. The molecule has 0 atom stereocenters. The van der Waals surface area contributed by atoms with Crippen molar-refractivity contribution in [1.82, 2.24) is 4.98 Å². The Bertz CT molecular complexity index is 248. The van der Waals surface area contributed by atoms with Crippen LogP contribution in [0, 0.1) is 0 Å². The second-order valence-corrected chi connectivity index (χ2v) is 2.28. The standard InChI is InChI=1S/C8H10N2O2/c9-8(11)12-5-3-7-2-1-4-10-6-7/h1-2,4,6H,3,5H2,(H2,9,11). The van der Waals surface area contributed by atoms with Gasteiger partial charge in [0.1, 0.15) is 0 Å². The van der Waals surface area contributed by atoms with Crippen LogP contribution in [-0.2, 0) is 11.2 Å². The molecule has 0 aliphatic rings. The number of hydrogen-bond acceptors (Lipinski definition) is 3. The number of carbonyl (C=O) groups is 1. The van der Waals surface area contributed by atoms with Crippen molar-refractivity contribution in [2.45, 2.75) is 6.42 Å². The van der Waals surface area contributed by atoms with Crippen LogP contribution in [0.25, 0.3) is 0 Å². The summed E-state index contributed by atoms with van der Waals surface area (Å²) in [5.41, 5.74) is 5.81. The predicted molar refractivity (Wildman–Crippen MR) is 43.5 cm³/mol. The van der Waals surface area contributed by atoms with E-state index in [1.165, 1.54) is 0 Å². The Hall–Kier alpha value is -1.58. The largest absolute Gasteiger partial charge is 0.449 e. The molecule has 12 heavy (non-hydrogen) atoms. The van der Waals surface area contributed by atoms with E-state index in [-0.39, 0.29) is 0 Å². The van der Waals surface area contributed by atoms with Gasteiger partial charge in [-0.2, -0.15) is 0 Å². The highest BCUT2D eigenvalue weighted by Crippen LogP contribution is 1.96. The molecule has 1 aromatic rings. The topological polar surface area (TPSA) is 65.2 Å². The number of hydrogen-bond donors (Lipinski definition) is 1. The molecule has 0 saturated heterocycles. The van der Waals surface area contributed by atoms with Crippen molar-refractivity contribution in [3.8, 4) is 0 Å². The zero-order valence-corrected chi connectivity index (χ0v) is 6.56. The maximum Gasteiger partial charge on any atom is 0.404 e. The van der Waals surface area contributed by atoms with E-state index in [9.17, 15) is 4.79 Å². The summed E-state index contributed by atoms with van der Waals surface area (Å²) in [7, 11) is 0. The smallest absolute Gasteiger partial charge is 0.404 e. The van der Waals surface area contributed by atoms with Gasteiger partial charge in [-0.05, 0) is 11.6 Å². The minimum atomic E-state index is -0.737. The molecule has 4 nitrogen and oxygen atoms in total. The first-order valence-electron chi connectivity index (χ1n) is 3.60. The van der Waals surface area contributed by atoms with Crippen LogP contribution in [0.1, 0.15) is 5.56 Å². The van der Waals surface area contributed by atoms with Gasteiger partial charge in [-0.15, -0.1) is 0 Å². The predicted octanol–water partition coefficient (Wildman–Crippen LogP) is 0.719. The molecule has 0 aliphatic carbocycles. The van der Waals surface area contributed by atoms with Gasteiger partial charge in [0.05, 0.1) is 6.61 Å². The molecule has 0 spiro atoms. The first-order valence-corrected chi connectivity index (χ1v) is 3.60. The second-order valence-electron chi connectivity index (χ2n) is 2.28. The summed E-state index contributed by atoms with van der Waals surface area (Å²) in [6.07, 6.45) is 3.33. The minimum absolute atomic E-state index is 0.307. The average Bonchev–Trinajstić information content (AvgIpc) is 2.05. The maximum atomic E-state index is 10.2. The van der Waals surface area contributed by atoms with Crippen LogP contribution in [-0.4, -0.2) is 17.7 Å². The Balaban J connectivity index is 2.29. The average molecular weight is 166 g/mol. The molecular weight excluding hydrogens is 156 g/mol. The quantitative estimate of drug-likeness (QED) is 0.719. The SMILES string of the molecule is NC(=O)OCCc1cccnc1. The van der Waals surface area contributed by atoms with Crippen LogP contribution < -0.4 is 5.73 Å². The molecule has 0 fully saturated rings. The number of carbonyl (C=O) groups excluding carboxylic acids is 1. The molecule has 2 N–H and O–H groups in total. The molecule has 64 valence electrons. The second kappa shape index (κ2) is 4.33. The van der Waals surface area contributed by atoms with Crippen LogP contribution in [0.4, 0.5) is 4.79 Å². The highest BCUT2D eigenvalue weighted by atomic mass is 16.5. The van der Waals surface area contributed by atoms with E-state index in [0.29, 0.717) is 13.0 Å². The molecule has 0 aromatic carbocycles. The lowest BCUT2D eigenvalue weighted by Crippen LogP contribution is -2.14. The lowest BCUT2D eigenvalue weighted by molar-refractivity contribution is 0.158. The van der Waals surface area contributed by atoms with E-state index in [0.717, 1.165) is 5.56 Å². The van der Waals surface area contributed by atoms with E-state index in [1.807, 2.05) is 12.1 Å². The molecule has 1 amide bonds. The van der Waals surface area contributed by atoms with E-state index >= 15 is 0 Å². The summed E-state index contributed by atoms with van der Waals surface area (Å²) in [6.45, 7) is 0.307. The molecule has 0 aliphatic heterocycles. The summed E-state index contributed by atoms with van der Waals surface area (Å²) in [4.78, 5) is 14.1. The number of primary amides is 1. The number of pyridine rings is 1. The number of rotatable bonds is 3. The van der Waals surface area contributed by atoms with Crippen LogP contribution >= 0.6 is 0 Å². The molecule has 0 unspecified atom stereocenters. The van der Waals surface area contributed by atoms with E-state index in [2.05, 4.69) is 9.72 Å². The van der Waals surface area contributed by atoms with Crippen molar-refractivity contribution in [2.75, 3.05) is 6.61 Å². The van der Waals surface area contributed by atoms with Gasteiger partial charge in [0.2, 0.25) is 0 Å². The monoisotopic (exact) mass is 166 g/mol. The van der Waals surface area contributed by atoms with E-state index in [1.54, 1.807) is 12.4 Å². The van der Waals surface area contributed by atoms with Crippen molar-refractivity contribution in [1.29, 1.82) is 0 Å². The highest BCUT2D eigenvalue weighted by molar-refractivity contribution is 5.64. The molecule has 0 radical (unpaired) electrons. The molecule has 1 heterocycles. The van der Waals surface area contributed by atoms with E-state index in [4.69, 9.17) is 5.73 Å². The zero-order valence-electron chi connectivity index (χ0n) is 6.56. The van der Waals surface area contributed by atoms with Crippen LogP contribution in [0.15, 0.2) is 24.5 Å². The van der Waals surface area contributed by atoms with Crippen molar-refractivity contribution in [3.05, 3.63) is 30.1 Å². The lowest BCUT2D eigenvalue weighted by atomic mass is 10.2. The van der Waals surface area contributed by atoms with Crippen molar-refractivity contribution in [3.63, 3.8) is 0 Å². The fraction of sp³-hybridized carbons (Fsp3) is 0.250. The van der Waals surface area contributed by atoms with Gasteiger partial charge in [-0.3, -0.25) is 4.98 Å². The van der Waals surface area contributed by atoms with Gasteiger partial charge in [0.25, 0.3) is 0 Å². The van der Waals surface area contributed by atoms with Gasteiger partial charge in [0.15, 0.2) is 0 Å². The maximum absolute atomic E-state index is 10.2. The summed E-state index contributed by atoms with van der Waals surface area (Å²) < 4.78 is 4.56. The summed E-state index contributed by atoms with van der Waals surface area (Å²) in [5.74, 6) is 0. The zero-order chi connectivity index (χ0) is 8.81. The summed E-state index contributed by atoms with van der Waals surface area (Å²) in [6, 6.07) is 3.75. The van der Waals surface area contributed by atoms with Crippen LogP contribution in [0.2, 0.25) is 0 Å². The highest BCUT2D eigenvalue weighted by Gasteiger charge is 1.94. The third kappa shape index (κ3) is 3.01. The molecule has 0 saturated carbocycles. The van der Waals surface area contributed by atoms with Gasteiger partial charge in [-0.25, -0.2) is 4.79 Å². The lowest BCUT2D eigenvalue weighted by Gasteiger charge is -2.00. The third-order valence-electron chi connectivity index (χ3n) is 1.36. The minimum Gasteiger partial charge on any atom is -0.449 e. The van der Waals surface area contributed by atoms with Crippen molar-refractivity contribution in [2.24, 2.45) is 5.73 Å². The number of amides is 1. The first kappa shape index (κ1) is 8.52. The van der Waals surface area contributed by atoms with Crippen molar-refractivity contribution >= 4 is 6.09 Å². The van der Waals surface area contributed by atoms with Crippen molar-refractivity contribution < 1.29 is 9.53 Å². The fourth-order valence-corrected chi connectivity index (χ4v) is 0.815. The Morgan fingerprint density at radius 1 is 1.67 bits per heavy atom. The summed E-state index contributed by atoms with van der Waals surface area (Å²) >= 11 is 0. The molecule has 1 rings (SSSR count). The van der Waals surface area contributed by atoms with Crippen LogP contribution in [0.5, 0.6) is 0 Å². The van der Waals surface area contributed by atoms with E-state index < -0.39 is 6.09 Å². The molecule has 0 bridgehead atoms. The van der Waals surface area contributed by atoms with Gasteiger partial charge in [0, 0.05) is 18.8 Å². The Morgan fingerprint density at radius 3 is 3.08 bits per heavy atom. The van der Waals surface area contributed by atoms with Gasteiger partial charge in [-0.1, -0.05) is 6.07 Å². The molecular formula is C8H10N2O2.